The van der Waals surface area contributed by atoms with E-state index in [4.69, 9.17) is 0 Å². The predicted octanol–water partition coefficient (Wildman–Crippen LogP) is 2.29. The van der Waals surface area contributed by atoms with Crippen molar-refractivity contribution in [1.29, 1.82) is 0 Å². The molecule has 0 aliphatic heterocycles. The molecule has 0 spiro atoms. The van der Waals surface area contributed by atoms with Gasteiger partial charge in [0.15, 0.2) is 9.84 Å². The SMILES string of the molecule is CC(C(O)CC1CCCc2ccccc21)S(C)(=O)=O. The van der Waals surface area contributed by atoms with E-state index in [1.54, 1.807) is 6.92 Å². The van der Waals surface area contributed by atoms with Crippen molar-refractivity contribution in [3.8, 4) is 0 Å². The quantitative estimate of drug-likeness (QED) is 0.922. The highest BCUT2D eigenvalue weighted by Gasteiger charge is 2.29. The normalized spacial score (nSPS) is 22.6. The van der Waals surface area contributed by atoms with E-state index in [2.05, 4.69) is 12.1 Å². The summed E-state index contributed by atoms with van der Waals surface area (Å²) >= 11 is 0. The summed E-state index contributed by atoms with van der Waals surface area (Å²) < 4.78 is 23.0. The number of rotatable bonds is 4. The third-order valence-corrected chi connectivity index (χ3v) is 5.90. The van der Waals surface area contributed by atoms with Gasteiger partial charge < -0.3 is 5.11 Å². The van der Waals surface area contributed by atoms with Crippen molar-refractivity contribution < 1.29 is 13.5 Å². The monoisotopic (exact) mass is 282 g/mol. The first kappa shape index (κ1) is 14.5. The molecule has 1 aliphatic rings. The average Bonchev–Trinajstić information content (AvgIpc) is 2.37. The number of aliphatic hydroxyl groups excluding tert-OH is 1. The molecule has 19 heavy (non-hydrogen) atoms. The molecule has 3 unspecified atom stereocenters. The van der Waals surface area contributed by atoms with E-state index in [-0.39, 0.29) is 5.92 Å². The first-order valence-corrected chi connectivity index (χ1v) is 8.80. The van der Waals surface area contributed by atoms with Crippen molar-refractivity contribution in [2.45, 2.75) is 49.9 Å². The number of sulfone groups is 1. The molecular formula is C15H22O3S. The van der Waals surface area contributed by atoms with Crippen LogP contribution >= 0.6 is 0 Å². The second-order valence-electron chi connectivity index (χ2n) is 5.63. The van der Waals surface area contributed by atoms with Crippen LogP contribution in [0.5, 0.6) is 0 Å². The van der Waals surface area contributed by atoms with E-state index in [0.717, 1.165) is 19.3 Å². The van der Waals surface area contributed by atoms with E-state index in [1.807, 2.05) is 12.1 Å². The molecule has 1 aromatic rings. The van der Waals surface area contributed by atoms with Crippen molar-refractivity contribution in [3.05, 3.63) is 35.4 Å². The summed E-state index contributed by atoms with van der Waals surface area (Å²) in [7, 11) is -3.18. The Morgan fingerprint density at radius 3 is 2.74 bits per heavy atom. The molecule has 1 aliphatic carbocycles. The number of aliphatic hydroxyl groups is 1. The maximum absolute atomic E-state index is 11.5. The molecule has 0 heterocycles. The van der Waals surface area contributed by atoms with Crippen molar-refractivity contribution in [2.24, 2.45) is 0 Å². The number of hydrogen-bond acceptors (Lipinski definition) is 3. The molecule has 0 aromatic heterocycles. The van der Waals surface area contributed by atoms with Crippen LogP contribution in [0.3, 0.4) is 0 Å². The van der Waals surface area contributed by atoms with Crippen molar-refractivity contribution in [1.82, 2.24) is 0 Å². The minimum atomic E-state index is -3.18. The van der Waals surface area contributed by atoms with E-state index >= 15 is 0 Å². The van der Waals surface area contributed by atoms with Crippen LogP contribution in [-0.2, 0) is 16.3 Å². The molecule has 1 aromatic carbocycles. The van der Waals surface area contributed by atoms with Crippen LogP contribution in [0, 0.1) is 0 Å². The van der Waals surface area contributed by atoms with E-state index in [1.165, 1.54) is 17.4 Å². The van der Waals surface area contributed by atoms with Crippen LogP contribution in [0.1, 0.15) is 43.2 Å². The van der Waals surface area contributed by atoms with Gasteiger partial charge in [0.2, 0.25) is 0 Å². The number of fused-ring (bicyclic) bond motifs is 1. The van der Waals surface area contributed by atoms with Gasteiger partial charge in [0, 0.05) is 6.26 Å². The molecular weight excluding hydrogens is 260 g/mol. The Hall–Kier alpha value is -0.870. The number of benzene rings is 1. The zero-order valence-corrected chi connectivity index (χ0v) is 12.4. The molecule has 3 atom stereocenters. The van der Waals surface area contributed by atoms with Crippen LogP contribution in [-0.4, -0.2) is 31.1 Å². The molecule has 1 N–H and O–H groups in total. The summed E-state index contributed by atoms with van der Waals surface area (Å²) in [6, 6.07) is 8.30. The van der Waals surface area contributed by atoms with Crippen LogP contribution in [0.4, 0.5) is 0 Å². The van der Waals surface area contributed by atoms with Crippen LogP contribution < -0.4 is 0 Å². The molecule has 0 saturated heterocycles. The average molecular weight is 282 g/mol. The number of aryl methyl sites for hydroxylation is 1. The molecule has 0 fully saturated rings. The highest BCUT2D eigenvalue weighted by atomic mass is 32.2. The zero-order chi connectivity index (χ0) is 14.0. The summed E-state index contributed by atoms with van der Waals surface area (Å²) in [4.78, 5) is 0. The van der Waals surface area contributed by atoms with E-state index in [9.17, 15) is 13.5 Å². The van der Waals surface area contributed by atoms with Gasteiger partial charge in [0.25, 0.3) is 0 Å². The lowest BCUT2D eigenvalue weighted by atomic mass is 9.80. The van der Waals surface area contributed by atoms with Gasteiger partial charge in [-0.05, 0) is 49.7 Å². The second-order valence-corrected chi connectivity index (χ2v) is 8.03. The van der Waals surface area contributed by atoms with Crippen molar-refractivity contribution in [2.75, 3.05) is 6.26 Å². The third-order valence-electron chi connectivity index (χ3n) is 4.24. The Balaban J connectivity index is 2.13. The highest BCUT2D eigenvalue weighted by molar-refractivity contribution is 7.91. The second kappa shape index (κ2) is 5.63. The lowest BCUT2D eigenvalue weighted by Gasteiger charge is -2.28. The Morgan fingerprint density at radius 1 is 1.37 bits per heavy atom. The number of hydrogen-bond donors (Lipinski definition) is 1. The molecule has 106 valence electrons. The molecule has 4 heteroatoms. The topological polar surface area (TPSA) is 54.4 Å². The van der Waals surface area contributed by atoms with Crippen LogP contribution in [0.25, 0.3) is 0 Å². The van der Waals surface area contributed by atoms with Gasteiger partial charge in [0.05, 0.1) is 11.4 Å². The van der Waals surface area contributed by atoms with Crippen molar-refractivity contribution in [3.63, 3.8) is 0 Å². The summed E-state index contributed by atoms with van der Waals surface area (Å²) in [6.07, 6.45) is 4.17. The summed E-state index contributed by atoms with van der Waals surface area (Å²) in [5, 5.41) is 9.46. The van der Waals surface area contributed by atoms with Gasteiger partial charge in [-0.15, -0.1) is 0 Å². The molecule has 0 amide bonds. The fourth-order valence-electron chi connectivity index (χ4n) is 2.87. The van der Waals surface area contributed by atoms with Gasteiger partial charge in [-0.3, -0.25) is 0 Å². The zero-order valence-electron chi connectivity index (χ0n) is 11.5. The maximum Gasteiger partial charge on any atom is 0.152 e. The lowest BCUT2D eigenvalue weighted by molar-refractivity contribution is 0.150. The smallest absolute Gasteiger partial charge is 0.152 e. The maximum atomic E-state index is 11.5. The lowest BCUT2D eigenvalue weighted by Crippen LogP contribution is -2.32. The Morgan fingerprint density at radius 2 is 2.05 bits per heavy atom. The summed E-state index contributed by atoms with van der Waals surface area (Å²) in [5.41, 5.74) is 2.63. The molecule has 3 nitrogen and oxygen atoms in total. The fourth-order valence-corrected chi connectivity index (χ4v) is 3.55. The van der Waals surface area contributed by atoms with Gasteiger partial charge >= 0.3 is 0 Å². The Bertz CT molecular complexity index is 536. The Kier molecular flexibility index (Phi) is 4.31. The van der Waals surface area contributed by atoms with E-state index < -0.39 is 21.2 Å². The standard InChI is InChI=1S/C15H22O3S/c1-11(19(2,17)18)15(16)10-13-8-5-7-12-6-3-4-9-14(12)13/h3-4,6,9,11,13,15-16H,5,7-8,10H2,1-2H3. The molecule has 0 bridgehead atoms. The Labute approximate surface area is 115 Å². The minimum absolute atomic E-state index is 0.282. The summed E-state index contributed by atoms with van der Waals surface area (Å²) in [6.45, 7) is 1.59. The first-order valence-electron chi connectivity index (χ1n) is 6.84. The van der Waals surface area contributed by atoms with Crippen LogP contribution in [0.15, 0.2) is 24.3 Å². The predicted molar refractivity (Wildman–Crippen MR) is 77.1 cm³/mol. The molecule has 0 radical (unpaired) electrons. The largest absolute Gasteiger partial charge is 0.392 e. The highest BCUT2D eigenvalue weighted by Crippen LogP contribution is 2.35. The van der Waals surface area contributed by atoms with Crippen LogP contribution in [0.2, 0.25) is 0 Å². The van der Waals surface area contributed by atoms with Gasteiger partial charge in [-0.2, -0.15) is 0 Å². The van der Waals surface area contributed by atoms with Gasteiger partial charge in [-0.25, -0.2) is 8.42 Å². The third kappa shape index (κ3) is 3.37. The van der Waals surface area contributed by atoms with Crippen molar-refractivity contribution >= 4 is 9.84 Å². The molecule has 2 rings (SSSR count). The minimum Gasteiger partial charge on any atom is -0.392 e. The van der Waals surface area contributed by atoms with Gasteiger partial charge in [0.1, 0.15) is 0 Å². The van der Waals surface area contributed by atoms with E-state index in [0.29, 0.717) is 6.42 Å². The fraction of sp³-hybridized carbons (Fsp3) is 0.600. The van der Waals surface area contributed by atoms with Gasteiger partial charge in [-0.1, -0.05) is 24.3 Å². The summed E-state index contributed by atoms with van der Waals surface area (Å²) in [5.74, 6) is 0.282. The first-order chi connectivity index (χ1) is 8.89. The molecule has 0 saturated carbocycles.